The molecule has 4 nitrogen and oxygen atoms in total. The first kappa shape index (κ1) is 15.1. The Morgan fingerprint density at radius 1 is 0.920 bits per heavy atom. The molecule has 0 saturated heterocycles. The van der Waals surface area contributed by atoms with E-state index in [1.165, 1.54) is 0 Å². The molecule has 0 aliphatic carbocycles. The van der Waals surface area contributed by atoms with Crippen molar-refractivity contribution in [2.24, 2.45) is 0 Å². The van der Waals surface area contributed by atoms with Crippen molar-refractivity contribution in [3.05, 3.63) is 72.3 Å². The standard InChI is InChI=1S/C21H15NO3/c1-25-20-18(17-8-4-6-13-5-2-3-7-16(13)17)12-15-11-14(21(23)24)9-10-19(15)22-20/h2-12H,1H3,(H,23,24). The van der Waals surface area contributed by atoms with Gasteiger partial charge >= 0.3 is 5.97 Å². The van der Waals surface area contributed by atoms with Gasteiger partial charge in [-0.05, 0) is 40.6 Å². The number of aromatic nitrogens is 1. The average molecular weight is 329 g/mol. The van der Waals surface area contributed by atoms with E-state index >= 15 is 0 Å². The second-order valence-corrected chi connectivity index (χ2v) is 5.78. The number of carboxylic acid groups (broad SMARTS) is 1. The molecule has 0 atom stereocenters. The van der Waals surface area contributed by atoms with Gasteiger partial charge in [-0.15, -0.1) is 0 Å². The predicted molar refractivity (Wildman–Crippen MR) is 98.2 cm³/mol. The van der Waals surface area contributed by atoms with Crippen LogP contribution in [0.15, 0.2) is 66.7 Å². The van der Waals surface area contributed by atoms with Crippen LogP contribution < -0.4 is 4.74 Å². The molecule has 1 N–H and O–H groups in total. The first-order valence-electron chi connectivity index (χ1n) is 7.87. The van der Waals surface area contributed by atoms with Crippen molar-refractivity contribution in [3.8, 4) is 17.0 Å². The van der Waals surface area contributed by atoms with Gasteiger partial charge in [-0.1, -0.05) is 42.5 Å². The van der Waals surface area contributed by atoms with E-state index in [1.807, 2.05) is 30.3 Å². The van der Waals surface area contributed by atoms with Crippen molar-refractivity contribution in [3.63, 3.8) is 0 Å². The summed E-state index contributed by atoms with van der Waals surface area (Å²) >= 11 is 0. The van der Waals surface area contributed by atoms with Crippen molar-refractivity contribution in [2.75, 3.05) is 7.11 Å². The average Bonchev–Trinajstić information content (AvgIpc) is 2.66. The zero-order valence-corrected chi connectivity index (χ0v) is 13.6. The Balaban J connectivity index is 2.03. The van der Waals surface area contributed by atoms with Crippen LogP contribution in [0.3, 0.4) is 0 Å². The van der Waals surface area contributed by atoms with E-state index in [4.69, 9.17) is 4.74 Å². The van der Waals surface area contributed by atoms with Crippen LogP contribution in [0.2, 0.25) is 0 Å². The van der Waals surface area contributed by atoms with Crippen molar-refractivity contribution >= 4 is 27.6 Å². The minimum absolute atomic E-state index is 0.239. The molecule has 4 rings (SSSR count). The van der Waals surface area contributed by atoms with Gasteiger partial charge in [0.25, 0.3) is 0 Å². The third-order valence-corrected chi connectivity index (χ3v) is 4.30. The van der Waals surface area contributed by atoms with Gasteiger partial charge in [0.1, 0.15) is 0 Å². The predicted octanol–water partition coefficient (Wildman–Crippen LogP) is 4.76. The molecule has 122 valence electrons. The number of fused-ring (bicyclic) bond motifs is 2. The van der Waals surface area contributed by atoms with Crippen molar-refractivity contribution in [1.82, 2.24) is 4.98 Å². The zero-order chi connectivity index (χ0) is 17.4. The number of aromatic carboxylic acids is 1. The third-order valence-electron chi connectivity index (χ3n) is 4.30. The van der Waals surface area contributed by atoms with Crippen LogP contribution in [0.5, 0.6) is 5.88 Å². The van der Waals surface area contributed by atoms with Crippen LogP contribution >= 0.6 is 0 Å². The lowest BCUT2D eigenvalue weighted by Crippen LogP contribution is -1.97. The summed E-state index contributed by atoms with van der Waals surface area (Å²) in [6.45, 7) is 0. The van der Waals surface area contributed by atoms with Gasteiger partial charge < -0.3 is 9.84 Å². The molecule has 1 aromatic heterocycles. The van der Waals surface area contributed by atoms with Crippen molar-refractivity contribution in [1.29, 1.82) is 0 Å². The van der Waals surface area contributed by atoms with Crippen molar-refractivity contribution in [2.45, 2.75) is 0 Å². The summed E-state index contributed by atoms with van der Waals surface area (Å²) in [5, 5.41) is 12.2. The Bertz CT molecular complexity index is 1110. The van der Waals surface area contributed by atoms with E-state index in [2.05, 4.69) is 23.2 Å². The lowest BCUT2D eigenvalue weighted by Gasteiger charge is -2.12. The minimum Gasteiger partial charge on any atom is -0.481 e. The van der Waals surface area contributed by atoms with E-state index in [0.717, 1.165) is 27.3 Å². The number of hydrogen-bond donors (Lipinski definition) is 1. The first-order valence-corrected chi connectivity index (χ1v) is 7.87. The smallest absolute Gasteiger partial charge is 0.335 e. The minimum atomic E-state index is -0.954. The molecule has 0 spiro atoms. The molecule has 3 aromatic carbocycles. The highest BCUT2D eigenvalue weighted by molar-refractivity contribution is 6.00. The van der Waals surface area contributed by atoms with Crippen LogP contribution in [0.25, 0.3) is 32.8 Å². The van der Waals surface area contributed by atoms with Gasteiger partial charge in [-0.2, -0.15) is 0 Å². The highest BCUT2D eigenvalue weighted by Crippen LogP contribution is 2.36. The number of hydrogen-bond acceptors (Lipinski definition) is 3. The Kier molecular flexibility index (Phi) is 3.58. The lowest BCUT2D eigenvalue weighted by molar-refractivity contribution is 0.0697. The van der Waals surface area contributed by atoms with Crippen LogP contribution in [0.4, 0.5) is 0 Å². The van der Waals surface area contributed by atoms with Crippen LogP contribution in [-0.4, -0.2) is 23.2 Å². The second-order valence-electron chi connectivity index (χ2n) is 5.78. The summed E-state index contributed by atoms with van der Waals surface area (Å²) in [5.74, 6) is -0.434. The monoisotopic (exact) mass is 329 g/mol. The Morgan fingerprint density at radius 2 is 1.72 bits per heavy atom. The molecule has 0 aliphatic heterocycles. The SMILES string of the molecule is COc1nc2ccc(C(=O)O)cc2cc1-c1cccc2ccccc12. The van der Waals surface area contributed by atoms with E-state index in [9.17, 15) is 9.90 Å². The fourth-order valence-corrected chi connectivity index (χ4v) is 3.10. The lowest BCUT2D eigenvalue weighted by atomic mass is 9.97. The summed E-state index contributed by atoms with van der Waals surface area (Å²) < 4.78 is 5.51. The van der Waals surface area contributed by atoms with E-state index in [-0.39, 0.29) is 5.56 Å². The van der Waals surface area contributed by atoms with Gasteiger partial charge in [0.15, 0.2) is 0 Å². The van der Waals surface area contributed by atoms with Crippen molar-refractivity contribution < 1.29 is 14.6 Å². The largest absolute Gasteiger partial charge is 0.481 e. The molecule has 0 radical (unpaired) electrons. The molecule has 0 bridgehead atoms. The number of pyridine rings is 1. The third kappa shape index (κ3) is 2.58. The molecule has 0 saturated carbocycles. The molecule has 1 heterocycles. The fourth-order valence-electron chi connectivity index (χ4n) is 3.10. The maximum atomic E-state index is 11.3. The molecule has 4 aromatic rings. The Labute approximate surface area is 144 Å². The van der Waals surface area contributed by atoms with Crippen LogP contribution in [-0.2, 0) is 0 Å². The molecule has 4 heteroatoms. The normalized spacial score (nSPS) is 10.9. The van der Waals surface area contributed by atoms with Gasteiger partial charge in [-0.3, -0.25) is 0 Å². The van der Waals surface area contributed by atoms with Crippen LogP contribution in [0, 0.1) is 0 Å². The second kappa shape index (κ2) is 5.91. The van der Waals surface area contributed by atoms with E-state index < -0.39 is 5.97 Å². The molecule has 0 aliphatic rings. The summed E-state index contributed by atoms with van der Waals surface area (Å²) in [4.78, 5) is 15.8. The maximum absolute atomic E-state index is 11.3. The number of benzene rings is 3. The number of carboxylic acids is 1. The summed E-state index contributed by atoms with van der Waals surface area (Å²) in [6, 6.07) is 21.0. The highest BCUT2D eigenvalue weighted by Gasteiger charge is 2.13. The highest BCUT2D eigenvalue weighted by atomic mass is 16.5. The molecular weight excluding hydrogens is 314 g/mol. The van der Waals surface area contributed by atoms with Gasteiger partial charge in [0.2, 0.25) is 5.88 Å². The van der Waals surface area contributed by atoms with Crippen LogP contribution in [0.1, 0.15) is 10.4 Å². The number of rotatable bonds is 3. The van der Waals surface area contributed by atoms with E-state index in [1.54, 1.807) is 25.3 Å². The van der Waals surface area contributed by atoms with E-state index in [0.29, 0.717) is 11.4 Å². The summed E-state index contributed by atoms with van der Waals surface area (Å²) in [7, 11) is 1.59. The Hall–Kier alpha value is -3.40. The summed E-state index contributed by atoms with van der Waals surface area (Å²) in [6.07, 6.45) is 0. The number of carbonyl (C=O) groups is 1. The molecular formula is C21H15NO3. The summed E-state index contributed by atoms with van der Waals surface area (Å²) in [5.41, 5.74) is 2.79. The fraction of sp³-hybridized carbons (Fsp3) is 0.0476. The molecule has 0 amide bonds. The Morgan fingerprint density at radius 3 is 2.52 bits per heavy atom. The number of ether oxygens (including phenoxy) is 1. The zero-order valence-electron chi connectivity index (χ0n) is 13.6. The topological polar surface area (TPSA) is 59.4 Å². The van der Waals surface area contributed by atoms with Gasteiger partial charge in [0.05, 0.1) is 18.2 Å². The molecule has 25 heavy (non-hydrogen) atoms. The molecule has 0 unspecified atom stereocenters. The number of methoxy groups -OCH3 is 1. The number of nitrogens with zero attached hydrogens (tertiary/aromatic N) is 1. The first-order chi connectivity index (χ1) is 12.2. The van der Waals surface area contributed by atoms with Gasteiger partial charge in [0, 0.05) is 10.9 Å². The maximum Gasteiger partial charge on any atom is 0.335 e. The van der Waals surface area contributed by atoms with Gasteiger partial charge in [-0.25, -0.2) is 9.78 Å². The molecule has 0 fully saturated rings. The quantitative estimate of drug-likeness (QED) is 0.588.